The maximum atomic E-state index is 15.3. The molecule has 3 aromatic carbocycles. The van der Waals surface area contributed by atoms with Crippen LogP contribution in [0.15, 0.2) is 36.4 Å². The molecule has 0 saturated carbocycles. The van der Waals surface area contributed by atoms with E-state index in [0.717, 1.165) is 24.6 Å². The standard InChI is InChI=1S/C29H24F10O/c1-3-5-6-8-16-10-13-19(25(32)24(16)31)29(38,39)40-20-14-12-18-17-11-9-15(7-4-2)23(30)21(17)27(34,35)28(36,37)22(18)26(20)33/h9-14H,3-8H2,1-2H3. The minimum atomic E-state index is -5.38. The summed E-state index contributed by atoms with van der Waals surface area (Å²) in [6.45, 7) is 3.49. The van der Waals surface area contributed by atoms with Crippen molar-refractivity contribution in [2.24, 2.45) is 0 Å². The van der Waals surface area contributed by atoms with Gasteiger partial charge in [-0.05, 0) is 59.7 Å². The molecule has 0 heterocycles. The lowest BCUT2D eigenvalue weighted by atomic mass is 9.79. The molecule has 0 bridgehead atoms. The first kappa shape index (κ1) is 29.7. The molecule has 0 aromatic heterocycles. The molecule has 1 nitrogen and oxygen atoms in total. The molecule has 40 heavy (non-hydrogen) atoms. The average molecular weight is 578 g/mol. The number of hydrogen-bond donors (Lipinski definition) is 0. The zero-order valence-corrected chi connectivity index (χ0v) is 21.4. The highest BCUT2D eigenvalue weighted by Gasteiger charge is 2.65. The molecule has 0 N–H and O–H groups in total. The van der Waals surface area contributed by atoms with Crippen molar-refractivity contribution in [2.45, 2.75) is 70.3 Å². The van der Waals surface area contributed by atoms with E-state index in [0.29, 0.717) is 37.5 Å². The summed E-state index contributed by atoms with van der Waals surface area (Å²) in [5.41, 5.74) is -7.28. The summed E-state index contributed by atoms with van der Waals surface area (Å²) >= 11 is 0. The molecular weight excluding hydrogens is 554 g/mol. The summed E-state index contributed by atoms with van der Waals surface area (Å²) in [6, 6.07) is 4.51. The predicted octanol–water partition coefficient (Wildman–Crippen LogP) is 9.92. The van der Waals surface area contributed by atoms with Crippen LogP contribution in [0.25, 0.3) is 11.1 Å². The summed E-state index contributed by atoms with van der Waals surface area (Å²) < 4.78 is 154. The Kier molecular flexibility index (Phi) is 7.90. The van der Waals surface area contributed by atoms with Gasteiger partial charge in [0, 0.05) is 0 Å². The molecule has 216 valence electrons. The van der Waals surface area contributed by atoms with E-state index in [9.17, 15) is 22.0 Å². The highest BCUT2D eigenvalue weighted by molar-refractivity contribution is 5.77. The molecular formula is C29H24F10O. The minimum Gasteiger partial charge on any atom is -0.426 e. The Labute approximate surface area is 223 Å². The summed E-state index contributed by atoms with van der Waals surface area (Å²) in [7, 11) is 0. The van der Waals surface area contributed by atoms with E-state index < -0.39 is 74.8 Å². The summed E-state index contributed by atoms with van der Waals surface area (Å²) in [5.74, 6) is -19.7. The number of hydrogen-bond acceptors (Lipinski definition) is 1. The molecule has 1 aliphatic carbocycles. The van der Waals surface area contributed by atoms with Crippen LogP contribution in [0.4, 0.5) is 43.9 Å². The van der Waals surface area contributed by atoms with Gasteiger partial charge in [0.2, 0.25) is 0 Å². The van der Waals surface area contributed by atoms with Gasteiger partial charge < -0.3 is 4.74 Å². The lowest BCUT2D eigenvalue weighted by molar-refractivity contribution is -0.228. The monoisotopic (exact) mass is 578 g/mol. The van der Waals surface area contributed by atoms with Crippen molar-refractivity contribution < 1.29 is 48.6 Å². The van der Waals surface area contributed by atoms with Crippen molar-refractivity contribution in [1.82, 2.24) is 0 Å². The number of fused-ring (bicyclic) bond motifs is 3. The molecule has 0 atom stereocenters. The molecule has 4 rings (SSSR count). The largest absolute Gasteiger partial charge is 0.429 e. The smallest absolute Gasteiger partial charge is 0.426 e. The van der Waals surface area contributed by atoms with E-state index in [1.807, 2.05) is 6.92 Å². The van der Waals surface area contributed by atoms with E-state index in [2.05, 4.69) is 4.74 Å². The zero-order chi connectivity index (χ0) is 29.6. The number of alkyl halides is 6. The maximum Gasteiger partial charge on any atom is 0.429 e. The summed E-state index contributed by atoms with van der Waals surface area (Å²) in [6.07, 6.45) is -2.51. The van der Waals surface area contributed by atoms with Crippen LogP contribution >= 0.6 is 0 Å². The van der Waals surface area contributed by atoms with E-state index in [-0.39, 0.29) is 24.0 Å². The molecule has 1 aliphatic rings. The lowest BCUT2D eigenvalue weighted by Gasteiger charge is -2.36. The van der Waals surface area contributed by atoms with Crippen molar-refractivity contribution in [1.29, 1.82) is 0 Å². The van der Waals surface area contributed by atoms with Crippen LogP contribution in [0.2, 0.25) is 0 Å². The van der Waals surface area contributed by atoms with Crippen molar-refractivity contribution in [2.75, 3.05) is 0 Å². The van der Waals surface area contributed by atoms with Crippen molar-refractivity contribution >= 4 is 0 Å². The number of ether oxygens (including phenoxy) is 1. The van der Waals surface area contributed by atoms with Crippen LogP contribution in [-0.2, 0) is 30.8 Å². The maximum absolute atomic E-state index is 15.3. The Hall–Kier alpha value is -3.24. The fourth-order valence-electron chi connectivity index (χ4n) is 4.86. The summed E-state index contributed by atoms with van der Waals surface area (Å²) in [5, 5.41) is 0. The zero-order valence-electron chi connectivity index (χ0n) is 21.4. The van der Waals surface area contributed by atoms with Crippen LogP contribution in [0.1, 0.15) is 67.3 Å². The van der Waals surface area contributed by atoms with Crippen LogP contribution in [0, 0.1) is 23.3 Å². The SMILES string of the molecule is CCCCCc1ccc(C(F)(F)Oc2ccc3c(c2F)C(F)(F)C(F)(F)c2c-3ccc(CCC)c2F)c(F)c1F. The Morgan fingerprint density at radius 1 is 0.625 bits per heavy atom. The number of benzene rings is 3. The fraction of sp³-hybridized carbons (Fsp3) is 0.379. The second-order valence-corrected chi connectivity index (χ2v) is 9.64. The van der Waals surface area contributed by atoms with E-state index in [1.165, 1.54) is 0 Å². The second kappa shape index (κ2) is 10.6. The quantitative estimate of drug-likeness (QED) is 0.181. The van der Waals surface area contributed by atoms with Crippen molar-refractivity contribution in [3.8, 4) is 16.9 Å². The molecule has 0 saturated heterocycles. The fourth-order valence-corrected chi connectivity index (χ4v) is 4.86. The first-order chi connectivity index (χ1) is 18.7. The Balaban J connectivity index is 1.78. The first-order valence-electron chi connectivity index (χ1n) is 12.7. The molecule has 0 aliphatic heterocycles. The third-order valence-electron chi connectivity index (χ3n) is 6.92. The Bertz CT molecular complexity index is 1430. The highest BCUT2D eigenvalue weighted by Crippen LogP contribution is 2.60. The molecule has 0 radical (unpaired) electrons. The van der Waals surface area contributed by atoms with Crippen LogP contribution < -0.4 is 4.74 Å². The van der Waals surface area contributed by atoms with Gasteiger partial charge >= 0.3 is 18.0 Å². The van der Waals surface area contributed by atoms with Crippen molar-refractivity contribution in [3.63, 3.8) is 0 Å². The molecule has 0 fully saturated rings. The van der Waals surface area contributed by atoms with Gasteiger partial charge in [0.1, 0.15) is 11.4 Å². The molecule has 11 heteroatoms. The Morgan fingerprint density at radius 3 is 1.77 bits per heavy atom. The van der Waals surface area contributed by atoms with Crippen molar-refractivity contribution in [3.05, 3.63) is 87.5 Å². The molecule has 3 aromatic rings. The van der Waals surface area contributed by atoms with Gasteiger partial charge in [-0.3, -0.25) is 0 Å². The average Bonchev–Trinajstić information content (AvgIpc) is 2.87. The highest BCUT2D eigenvalue weighted by atomic mass is 19.3. The normalized spacial score (nSPS) is 15.5. The van der Waals surface area contributed by atoms with Gasteiger partial charge in [-0.15, -0.1) is 0 Å². The topological polar surface area (TPSA) is 9.23 Å². The minimum absolute atomic E-state index is 0.0271. The second-order valence-electron chi connectivity index (χ2n) is 9.64. The van der Waals surface area contributed by atoms with Crippen LogP contribution in [-0.4, -0.2) is 0 Å². The predicted molar refractivity (Wildman–Crippen MR) is 128 cm³/mol. The van der Waals surface area contributed by atoms with Gasteiger partial charge in [-0.2, -0.15) is 26.3 Å². The molecule has 0 unspecified atom stereocenters. The molecule has 0 amide bonds. The first-order valence-corrected chi connectivity index (χ1v) is 12.7. The van der Waals surface area contributed by atoms with E-state index in [1.54, 1.807) is 6.92 Å². The number of halogens is 10. The van der Waals surface area contributed by atoms with Gasteiger partial charge in [0.25, 0.3) is 0 Å². The van der Waals surface area contributed by atoms with Crippen LogP contribution in [0.3, 0.4) is 0 Å². The molecule has 0 spiro atoms. The number of rotatable bonds is 9. The lowest BCUT2D eigenvalue weighted by Crippen LogP contribution is -2.41. The number of unbranched alkanes of at least 4 members (excludes halogenated alkanes) is 2. The van der Waals surface area contributed by atoms with Gasteiger partial charge in [-0.1, -0.05) is 51.3 Å². The van der Waals surface area contributed by atoms with Gasteiger partial charge in [0.05, 0.1) is 11.1 Å². The van der Waals surface area contributed by atoms with E-state index >= 15 is 22.0 Å². The third kappa shape index (κ3) is 4.71. The third-order valence-corrected chi connectivity index (χ3v) is 6.92. The van der Waals surface area contributed by atoms with Crippen LogP contribution in [0.5, 0.6) is 5.75 Å². The van der Waals surface area contributed by atoms with Gasteiger partial charge in [0.15, 0.2) is 23.2 Å². The summed E-state index contributed by atoms with van der Waals surface area (Å²) in [4.78, 5) is 0. The Morgan fingerprint density at radius 2 is 1.18 bits per heavy atom. The number of aryl methyl sites for hydroxylation is 2. The van der Waals surface area contributed by atoms with E-state index in [4.69, 9.17) is 0 Å². The van der Waals surface area contributed by atoms with Gasteiger partial charge in [-0.25, -0.2) is 17.6 Å².